The van der Waals surface area contributed by atoms with E-state index >= 15 is 0 Å². The lowest BCUT2D eigenvalue weighted by Gasteiger charge is -2.36. The fourth-order valence-corrected chi connectivity index (χ4v) is 3.36. The van der Waals surface area contributed by atoms with E-state index in [2.05, 4.69) is 56.7 Å². The molecule has 0 spiro atoms. The largest absolute Gasteiger partial charge is 0.356 e. The quantitative estimate of drug-likeness (QED) is 0.292. The van der Waals surface area contributed by atoms with Gasteiger partial charge in [0.05, 0.1) is 0 Å². The maximum absolute atomic E-state index is 4.45. The van der Waals surface area contributed by atoms with Crippen LogP contribution in [-0.2, 0) is 6.54 Å². The summed E-state index contributed by atoms with van der Waals surface area (Å²) < 4.78 is 0. The summed E-state index contributed by atoms with van der Waals surface area (Å²) in [5, 5.41) is 3.51. The molecule has 0 aliphatic carbocycles. The van der Waals surface area contributed by atoms with Crippen LogP contribution in [0.2, 0.25) is 0 Å². The van der Waals surface area contributed by atoms with Crippen molar-refractivity contribution in [2.24, 2.45) is 4.99 Å². The topological polar surface area (TPSA) is 30.9 Å². The number of rotatable bonds is 7. The van der Waals surface area contributed by atoms with E-state index in [4.69, 9.17) is 0 Å². The summed E-state index contributed by atoms with van der Waals surface area (Å²) in [7, 11) is 1.89. The van der Waals surface area contributed by atoms with Crippen LogP contribution in [0.1, 0.15) is 18.4 Å². The molecule has 0 radical (unpaired) electrons. The lowest BCUT2D eigenvalue weighted by Crippen LogP contribution is -2.52. The van der Waals surface area contributed by atoms with Gasteiger partial charge in [-0.1, -0.05) is 30.3 Å². The molecule has 2 rings (SSSR count). The first-order valence-corrected chi connectivity index (χ1v) is 9.93. The number of nitrogens with zero attached hydrogens (tertiary/aromatic N) is 3. The number of benzene rings is 1. The molecule has 0 atom stereocenters. The third kappa shape index (κ3) is 7.61. The normalized spacial score (nSPS) is 15.9. The zero-order chi connectivity index (χ0) is 16.3. The van der Waals surface area contributed by atoms with Crippen LogP contribution in [0, 0.1) is 0 Å². The Labute approximate surface area is 168 Å². The highest BCUT2D eigenvalue weighted by molar-refractivity contribution is 14.0. The Hall–Kier alpha value is -0.470. The number of nitrogens with one attached hydrogen (secondary N) is 1. The summed E-state index contributed by atoms with van der Waals surface area (Å²) in [4.78, 5) is 9.36. The summed E-state index contributed by atoms with van der Waals surface area (Å²) >= 11 is 1.92. The standard InChI is InChI=1S/C18H30N4S.HI/c1-19-18(20-10-6-7-15-23-2)22-13-11-21(12-14-22)16-17-8-4-3-5-9-17;/h3-5,8-9H,6-7,10-16H2,1-2H3,(H,19,20);1H. The van der Waals surface area contributed by atoms with Gasteiger partial charge in [-0.05, 0) is 30.4 Å². The Morgan fingerprint density at radius 2 is 1.83 bits per heavy atom. The molecule has 24 heavy (non-hydrogen) atoms. The number of hydrogen-bond donors (Lipinski definition) is 1. The summed E-state index contributed by atoms with van der Waals surface area (Å²) in [6, 6.07) is 10.7. The first kappa shape index (κ1) is 21.6. The minimum absolute atomic E-state index is 0. The molecular formula is C18H31IN4S. The Bertz CT molecular complexity index is 461. The van der Waals surface area contributed by atoms with Gasteiger partial charge in [-0.25, -0.2) is 0 Å². The van der Waals surface area contributed by atoms with Crippen molar-refractivity contribution in [1.29, 1.82) is 0 Å². The number of thioether (sulfide) groups is 1. The number of hydrogen-bond acceptors (Lipinski definition) is 3. The van der Waals surface area contributed by atoms with Crippen molar-refractivity contribution in [2.45, 2.75) is 19.4 Å². The molecule has 1 aromatic rings. The van der Waals surface area contributed by atoms with Crippen molar-refractivity contribution >= 4 is 41.7 Å². The summed E-state index contributed by atoms with van der Waals surface area (Å²) in [5.41, 5.74) is 1.40. The lowest BCUT2D eigenvalue weighted by atomic mass is 10.2. The predicted molar refractivity (Wildman–Crippen MR) is 118 cm³/mol. The molecule has 0 unspecified atom stereocenters. The second-order valence-electron chi connectivity index (χ2n) is 5.92. The smallest absolute Gasteiger partial charge is 0.193 e. The maximum atomic E-state index is 4.45. The van der Waals surface area contributed by atoms with Gasteiger partial charge in [0.2, 0.25) is 0 Å². The minimum atomic E-state index is 0. The van der Waals surface area contributed by atoms with Gasteiger partial charge in [0.15, 0.2) is 5.96 Å². The van der Waals surface area contributed by atoms with E-state index in [0.717, 1.165) is 45.2 Å². The molecule has 1 aliphatic heterocycles. The molecule has 6 heteroatoms. The molecule has 1 fully saturated rings. The van der Waals surface area contributed by atoms with Crippen LogP contribution in [0.4, 0.5) is 0 Å². The number of unbranched alkanes of at least 4 members (excludes halogenated alkanes) is 1. The summed E-state index contributed by atoms with van der Waals surface area (Å²) in [6.45, 7) is 6.38. The van der Waals surface area contributed by atoms with Crippen molar-refractivity contribution in [1.82, 2.24) is 15.1 Å². The van der Waals surface area contributed by atoms with Crippen molar-refractivity contribution in [3.63, 3.8) is 0 Å². The Kier molecular flexibility index (Phi) is 11.5. The van der Waals surface area contributed by atoms with Gasteiger partial charge in [-0.3, -0.25) is 9.89 Å². The van der Waals surface area contributed by atoms with Crippen LogP contribution < -0.4 is 5.32 Å². The molecule has 1 aliphatic rings. The van der Waals surface area contributed by atoms with Gasteiger partial charge in [0.1, 0.15) is 0 Å². The molecule has 1 heterocycles. The molecule has 0 aromatic heterocycles. The van der Waals surface area contributed by atoms with E-state index in [1.165, 1.54) is 24.2 Å². The van der Waals surface area contributed by atoms with Gasteiger partial charge < -0.3 is 10.2 Å². The Morgan fingerprint density at radius 1 is 1.12 bits per heavy atom. The van der Waals surface area contributed by atoms with Gasteiger partial charge >= 0.3 is 0 Å². The zero-order valence-corrected chi connectivity index (χ0v) is 18.1. The van der Waals surface area contributed by atoms with Crippen LogP contribution in [0.25, 0.3) is 0 Å². The number of halogens is 1. The molecular weight excluding hydrogens is 431 g/mol. The zero-order valence-electron chi connectivity index (χ0n) is 14.9. The fourth-order valence-electron chi connectivity index (χ4n) is 2.86. The van der Waals surface area contributed by atoms with Crippen molar-refractivity contribution in [3.8, 4) is 0 Å². The van der Waals surface area contributed by atoms with Gasteiger partial charge in [-0.2, -0.15) is 11.8 Å². The van der Waals surface area contributed by atoms with E-state index in [1.54, 1.807) is 0 Å². The van der Waals surface area contributed by atoms with Gasteiger partial charge in [-0.15, -0.1) is 24.0 Å². The first-order valence-electron chi connectivity index (χ1n) is 8.54. The van der Waals surface area contributed by atoms with Crippen LogP contribution in [-0.4, -0.2) is 67.5 Å². The highest BCUT2D eigenvalue weighted by atomic mass is 127. The highest BCUT2D eigenvalue weighted by Gasteiger charge is 2.19. The fraction of sp³-hybridized carbons (Fsp3) is 0.611. The monoisotopic (exact) mass is 462 g/mol. The lowest BCUT2D eigenvalue weighted by molar-refractivity contribution is 0.172. The molecule has 4 nitrogen and oxygen atoms in total. The average Bonchev–Trinajstić information content (AvgIpc) is 2.60. The van der Waals surface area contributed by atoms with Crippen LogP contribution in [0.3, 0.4) is 0 Å². The Morgan fingerprint density at radius 3 is 2.46 bits per heavy atom. The number of aliphatic imine (C=N–C) groups is 1. The average molecular weight is 462 g/mol. The van der Waals surface area contributed by atoms with Crippen molar-refractivity contribution < 1.29 is 0 Å². The second-order valence-corrected chi connectivity index (χ2v) is 6.91. The molecule has 136 valence electrons. The molecule has 0 amide bonds. The summed E-state index contributed by atoms with van der Waals surface area (Å²) in [6.07, 6.45) is 4.66. The van der Waals surface area contributed by atoms with Crippen LogP contribution >= 0.6 is 35.7 Å². The summed E-state index contributed by atoms with van der Waals surface area (Å²) in [5.74, 6) is 2.31. The number of piperazine rings is 1. The third-order valence-electron chi connectivity index (χ3n) is 4.19. The molecule has 0 bridgehead atoms. The van der Waals surface area contributed by atoms with Crippen LogP contribution in [0.15, 0.2) is 35.3 Å². The van der Waals surface area contributed by atoms with Crippen molar-refractivity contribution in [3.05, 3.63) is 35.9 Å². The van der Waals surface area contributed by atoms with Crippen molar-refractivity contribution in [2.75, 3.05) is 51.8 Å². The maximum Gasteiger partial charge on any atom is 0.193 e. The first-order chi connectivity index (χ1) is 11.3. The van der Waals surface area contributed by atoms with E-state index in [9.17, 15) is 0 Å². The minimum Gasteiger partial charge on any atom is -0.356 e. The molecule has 1 N–H and O–H groups in total. The van der Waals surface area contributed by atoms with E-state index < -0.39 is 0 Å². The van der Waals surface area contributed by atoms with Gasteiger partial charge in [0.25, 0.3) is 0 Å². The van der Waals surface area contributed by atoms with Crippen LogP contribution in [0.5, 0.6) is 0 Å². The van der Waals surface area contributed by atoms with Gasteiger partial charge in [0, 0.05) is 46.3 Å². The van der Waals surface area contributed by atoms with E-state index in [0.29, 0.717) is 0 Å². The SMILES string of the molecule is CN=C(NCCCCSC)N1CCN(Cc2ccccc2)CC1.I. The molecule has 1 saturated heterocycles. The molecule has 0 saturated carbocycles. The predicted octanol–water partition coefficient (Wildman–Crippen LogP) is 3.14. The third-order valence-corrected chi connectivity index (χ3v) is 4.89. The number of guanidine groups is 1. The second kappa shape index (κ2) is 12.8. The van der Waals surface area contributed by atoms with E-state index in [1.807, 2.05) is 18.8 Å². The molecule has 1 aromatic carbocycles. The Balaban J connectivity index is 0.00000288. The van der Waals surface area contributed by atoms with E-state index in [-0.39, 0.29) is 24.0 Å². The highest BCUT2D eigenvalue weighted by Crippen LogP contribution is 2.08.